The molecule has 4 rings (SSSR count). The summed E-state index contributed by atoms with van der Waals surface area (Å²) in [5, 5.41) is 20.4. The Morgan fingerprint density at radius 1 is 1.15 bits per heavy atom. The van der Waals surface area contributed by atoms with Gasteiger partial charge in [0.1, 0.15) is 5.01 Å². The van der Waals surface area contributed by atoms with Gasteiger partial charge in [0.05, 0.1) is 23.1 Å². The third-order valence-corrected chi connectivity index (χ3v) is 6.19. The molecule has 6 nitrogen and oxygen atoms in total. The molecule has 2 aliphatic rings. The number of benzene rings is 1. The summed E-state index contributed by atoms with van der Waals surface area (Å²) in [5.41, 5.74) is 4.37. The van der Waals surface area contributed by atoms with Crippen molar-refractivity contribution in [3.8, 4) is 0 Å². The maximum Gasteiger partial charge on any atom is 0.303 e. The van der Waals surface area contributed by atoms with Crippen LogP contribution in [0.15, 0.2) is 29.8 Å². The van der Waals surface area contributed by atoms with Gasteiger partial charge < -0.3 is 15.5 Å². The minimum absolute atomic E-state index is 0.296. The number of rotatable bonds is 6. The second-order valence-electron chi connectivity index (χ2n) is 6.95. The Balaban J connectivity index is 0.000000226. The van der Waals surface area contributed by atoms with E-state index in [-0.39, 0.29) is 12.8 Å². The lowest BCUT2D eigenvalue weighted by Gasteiger charge is -2.18. The first-order chi connectivity index (χ1) is 13.0. The molecule has 1 saturated carbocycles. The number of nitrogens with one attached hydrogen (secondary N) is 1. The summed E-state index contributed by atoms with van der Waals surface area (Å²) in [6.07, 6.45) is 3.52. The smallest absolute Gasteiger partial charge is 0.303 e. The van der Waals surface area contributed by atoms with Crippen LogP contribution in [0.3, 0.4) is 0 Å². The number of para-hydroxylation sites is 1. The number of aliphatic carboxylic acids is 2. The predicted octanol–water partition coefficient (Wildman–Crippen LogP) is 3.64. The first-order valence-electron chi connectivity index (χ1n) is 9.16. The van der Waals surface area contributed by atoms with Gasteiger partial charge in [-0.2, -0.15) is 0 Å². The van der Waals surface area contributed by atoms with E-state index >= 15 is 0 Å². The number of thiazole rings is 1. The fourth-order valence-electron chi connectivity index (χ4n) is 3.99. The first-order valence-corrected chi connectivity index (χ1v) is 9.98. The molecule has 0 saturated heterocycles. The van der Waals surface area contributed by atoms with Gasteiger partial charge >= 0.3 is 11.9 Å². The summed E-state index contributed by atoms with van der Waals surface area (Å²) in [6.45, 7) is 1.03. The van der Waals surface area contributed by atoms with E-state index in [0.717, 1.165) is 23.9 Å². The third kappa shape index (κ3) is 4.54. The largest absolute Gasteiger partial charge is 0.481 e. The van der Waals surface area contributed by atoms with Crippen molar-refractivity contribution in [1.29, 1.82) is 0 Å². The summed E-state index contributed by atoms with van der Waals surface area (Å²) >= 11 is 1.87. The third-order valence-electron chi connectivity index (χ3n) is 5.12. The number of aromatic nitrogens is 1. The van der Waals surface area contributed by atoms with Crippen LogP contribution in [0.5, 0.6) is 0 Å². The van der Waals surface area contributed by atoms with E-state index in [0.29, 0.717) is 0 Å². The van der Waals surface area contributed by atoms with Crippen LogP contribution >= 0.6 is 11.3 Å². The second-order valence-corrected chi connectivity index (χ2v) is 7.98. The molecule has 0 spiro atoms. The van der Waals surface area contributed by atoms with Crippen molar-refractivity contribution in [2.24, 2.45) is 11.8 Å². The molecule has 0 amide bonds. The van der Waals surface area contributed by atoms with Crippen LogP contribution in [0.25, 0.3) is 15.8 Å². The van der Waals surface area contributed by atoms with E-state index in [1.807, 2.05) is 11.3 Å². The Kier molecular flexibility index (Phi) is 6.23. The molecule has 7 heteroatoms. The highest BCUT2D eigenvalue weighted by Gasteiger charge is 2.40. The average Bonchev–Trinajstić information content (AvgIpc) is 3.34. The fraction of sp³-hybridized carbons (Fsp3) is 0.450. The summed E-state index contributed by atoms with van der Waals surface area (Å²) < 4.78 is 1.32. The first kappa shape index (κ1) is 19.5. The van der Waals surface area contributed by atoms with Crippen LogP contribution in [0.2, 0.25) is 0 Å². The van der Waals surface area contributed by atoms with E-state index in [1.54, 1.807) is 11.1 Å². The Morgan fingerprint density at radius 2 is 1.81 bits per heavy atom. The number of fused-ring (bicyclic) bond motifs is 3. The molecule has 27 heavy (non-hydrogen) atoms. The SMILES string of the molecule is CNCC1=C(c2nc3ccccc3s2)[C@H]2CC[C@@H]1C2.O=C(O)CCC(=O)O. The highest BCUT2D eigenvalue weighted by atomic mass is 32.1. The highest BCUT2D eigenvalue weighted by Crippen LogP contribution is 2.53. The Bertz CT molecular complexity index is 827. The number of carboxylic acids is 2. The van der Waals surface area contributed by atoms with E-state index in [4.69, 9.17) is 15.2 Å². The van der Waals surface area contributed by atoms with Crippen molar-refractivity contribution in [2.45, 2.75) is 32.1 Å². The van der Waals surface area contributed by atoms with Crippen molar-refractivity contribution in [3.63, 3.8) is 0 Å². The highest BCUT2D eigenvalue weighted by molar-refractivity contribution is 7.19. The van der Waals surface area contributed by atoms with E-state index in [1.165, 1.54) is 29.0 Å². The maximum absolute atomic E-state index is 9.64. The lowest BCUT2D eigenvalue weighted by atomic mass is 9.92. The second kappa shape index (κ2) is 8.63. The lowest BCUT2D eigenvalue weighted by molar-refractivity contribution is -0.143. The van der Waals surface area contributed by atoms with E-state index in [9.17, 15) is 9.59 Å². The van der Waals surface area contributed by atoms with Crippen molar-refractivity contribution in [3.05, 3.63) is 34.8 Å². The number of nitrogens with zero attached hydrogens (tertiary/aromatic N) is 1. The Hall–Kier alpha value is -2.25. The molecule has 144 valence electrons. The van der Waals surface area contributed by atoms with Crippen molar-refractivity contribution in [2.75, 3.05) is 13.6 Å². The predicted molar refractivity (Wildman–Crippen MR) is 106 cm³/mol. The summed E-state index contributed by atoms with van der Waals surface area (Å²) in [4.78, 5) is 24.2. The van der Waals surface area contributed by atoms with Gasteiger partial charge in [-0.25, -0.2) is 4.98 Å². The zero-order valence-electron chi connectivity index (χ0n) is 15.3. The van der Waals surface area contributed by atoms with Crippen LogP contribution < -0.4 is 5.32 Å². The number of likely N-dealkylation sites (N-methyl/N-ethyl adjacent to an activating group) is 1. The zero-order chi connectivity index (χ0) is 19.4. The normalized spacial score (nSPS) is 20.6. The molecule has 0 radical (unpaired) electrons. The molecule has 0 unspecified atom stereocenters. The minimum Gasteiger partial charge on any atom is -0.481 e. The number of hydrogen-bond donors (Lipinski definition) is 3. The van der Waals surface area contributed by atoms with Crippen molar-refractivity contribution >= 4 is 39.1 Å². The maximum atomic E-state index is 9.64. The summed E-state index contributed by atoms with van der Waals surface area (Å²) in [5.74, 6) is -0.562. The molecule has 2 atom stereocenters. The number of carbonyl (C=O) groups is 2. The molecule has 2 aliphatic carbocycles. The Morgan fingerprint density at radius 3 is 2.44 bits per heavy atom. The molecule has 1 aromatic carbocycles. The van der Waals surface area contributed by atoms with Gasteiger partial charge in [-0.1, -0.05) is 12.1 Å². The van der Waals surface area contributed by atoms with Crippen LogP contribution in [0.1, 0.15) is 37.1 Å². The molecule has 2 bridgehead atoms. The van der Waals surface area contributed by atoms with E-state index in [2.05, 4.69) is 36.6 Å². The quantitative estimate of drug-likeness (QED) is 0.699. The van der Waals surface area contributed by atoms with Gasteiger partial charge in [-0.15, -0.1) is 11.3 Å². The molecule has 3 N–H and O–H groups in total. The molecule has 2 aromatic rings. The minimum atomic E-state index is -1.08. The van der Waals surface area contributed by atoms with Gasteiger partial charge in [0, 0.05) is 6.54 Å². The van der Waals surface area contributed by atoms with Crippen LogP contribution in [0, 0.1) is 11.8 Å². The molecule has 1 aromatic heterocycles. The summed E-state index contributed by atoms with van der Waals surface area (Å²) in [7, 11) is 2.05. The van der Waals surface area contributed by atoms with Crippen LogP contribution in [-0.2, 0) is 9.59 Å². The van der Waals surface area contributed by atoms with Gasteiger partial charge in [-0.3, -0.25) is 9.59 Å². The van der Waals surface area contributed by atoms with Gasteiger partial charge in [-0.05, 0) is 61.4 Å². The zero-order valence-corrected chi connectivity index (χ0v) is 16.1. The van der Waals surface area contributed by atoms with Gasteiger partial charge in [0.25, 0.3) is 0 Å². The molecular formula is C20H24N2O4S. The van der Waals surface area contributed by atoms with Crippen molar-refractivity contribution in [1.82, 2.24) is 10.3 Å². The topological polar surface area (TPSA) is 99.5 Å². The van der Waals surface area contributed by atoms with Crippen LogP contribution in [0.4, 0.5) is 0 Å². The fourth-order valence-corrected chi connectivity index (χ4v) is 5.11. The lowest BCUT2D eigenvalue weighted by Crippen LogP contribution is -2.16. The standard InChI is InChI=1S/C16H18N2S.C4H6O4/c1-17-9-12-10-6-7-11(8-10)15(12)16-18-13-4-2-3-5-14(13)19-16;5-3(6)1-2-4(7)8/h2-5,10-11,17H,6-9H2,1H3;1-2H2,(H,5,6)(H,7,8)/t10-,11+;/m1./s1. The van der Waals surface area contributed by atoms with Gasteiger partial charge in [0.2, 0.25) is 0 Å². The number of hydrogen-bond acceptors (Lipinski definition) is 5. The van der Waals surface area contributed by atoms with Gasteiger partial charge in [0.15, 0.2) is 0 Å². The number of allylic oxidation sites excluding steroid dienone is 1. The molecular weight excluding hydrogens is 364 g/mol. The monoisotopic (exact) mass is 388 g/mol. The molecule has 0 aliphatic heterocycles. The summed E-state index contributed by atoms with van der Waals surface area (Å²) in [6, 6.07) is 8.49. The molecule has 1 heterocycles. The van der Waals surface area contributed by atoms with Crippen molar-refractivity contribution < 1.29 is 19.8 Å². The Labute approximate surface area is 161 Å². The van der Waals surface area contributed by atoms with E-state index < -0.39 is 11.9 Å². The average molecular weight is 388 g/mol. The van der Waals surface area contributed by atoms with Crippen LogP contribution in [-0.4, -0.2) is 40.7 Å². The molecule has 1 fully saturated rings. The number of carboxylic acid groups (broad SMARTS) is 2.